The van der Waals surface area contributed by atoms with E-state index in [1.807, 2.05) is 6.20 Å². The van der Waals surface area contributed by atoms with E-state index in [2.05, 4.69) is 24.1 Å². The van der Waals surface area contributed by atoms with Gasteiger partial charge in [0.05, 0.1) is 17.6 Å². The van der Waals surface area contributed by atoms with Gasteiger partial charge in [-0.1, -0.05) is 20.3 Å². The first-order chi connectivity index (χ1) is 8.22. The van der Waals surface area contributed by atoms with Crippen molar-refractivity contribution in [2.45, 2.75) is 44.9 Å². The summed E-state index contributed by atoms with van der Waals surface area (Å²) in [4.78, 5) is 9.21. The van der Waals surface area contributed by atoms with Gasteiger partial charge in [0.2, 0.25) is 0 Å². The van der Waals surface area contributed by atoms with E-state index in [-0.39, 0.29) is 0 Å². The number of anilines is 1. The van der Waals surface area contributed by atoms with Crippen molar-refractivity contribution < 1.29 is 0 Å². The zero-order valence-electron chi connectivity index (χ0n) is 10.7. The lowest BCUT2D eigenvalue weighted by molar-refractivity contribution is 0.400. The van der Waals surface area contributed by atoms with Crippen LogP contribution in [0.2, 0.25) is 0 Å². The monoisotopic (exact) mass is 234 g/mol. The van der Waals surface area contributed by atoms with Crippen molar-refractivity contribution in [3.63, 3.8) is 0 Å². The normalized spacial score (nSPS) is 16.0. The lowest BCUT2D eigenvalue weighted by atomic mass is 9.84. The van der Waals surface area contributed by atoms with E-state index in [0.29, 0.717) is 18.4 Å². The Bertz CT molecular complexity index is 372. The van der Waals surface area contributed by atoms with Crippen LogP contribution in [-0.2, 0) is 0 Å². The van der Waals surface area contributed by atoms with Crippen LogP contribution in [0.25, 0.3) is 0 Å². The summed E-state index contributed by atoms with van der Waals surface area (Å²) in [5, 5.41) is 3.30. The Morgan fingerprint density at radius 3 is 2.76 bits per heavy atom. The fourth-order valence-corrected chi connectivity index (χ4v) is 2.06. The Morgan fingerprint density at radius 1 is 1.47 bits per heavy atom. The highest BCUT2D eigenvalue weighted by Gasteiger charge is 2.23. The fourth-order valence-electron chi connectivity index (χ4n) is 2.06. The molecule has 1 aliphatic rings. The summed E-state index contributed by atoms with van der Waals surface area (Å²) < 4.78 is 0. The summed E-state index contributed by atoms with van der Waals surface area (Å²) in [6, 6.07) is 0. The van der Waals surface area contributed by atoms with Crippen LogP contribution in [0, 0.1) is 0 Å². The molecule has 1 saturated carbocycles. The Balaban J connectivity index is 2.20. The van der Waals surface area contributed by atoms with Gasteiger partial charge in [-0.2, -0.15) is 0 Å². The highest BCUT2D eigenvalue weighted by atomic mass is 15.0. The molecule has 94 valence electrons. The van der Waals surface area contributed by atoms with Crippen LogP contribution < -0.4 is 11.1 Å². The third kappa shape index (κ3) is 2.75. The highest BCUT2D eigenvalue weighted by molar-refractivity contribution is 5.47. The van der Waals surface area contributed by atoms with Gasteiger partial charge in [0.25, 0.3) is 0 Å². The molecule has 0 saturated heterocycles. The van der Waals surface area contributed by atoms with Gasteiger partial charge in [0.1, 0.15) is 5.82 Å². The third-order valence-electron chi connectivity index (χ3n) is 3.31. The van der Waals surface area contributed by atoms with Crippen LogP contribution >= 0.6 is 0 Å². The molecule has 0 amide bonds. The molecule has 4 heteroatoms. The van der Waals surface area contributed by atoms with Crippen molar-refractivity contribution in [2.75, 3.05) is 18.4 Å². The summed E-state index contributed by atoms with van der Waals surface area (Å²) in [5.41, 5.74) is 7.66. The molecule has 0 radical (unpaired) electrons. The minimum absolute atomic E-state index is 0.414. The minimum atomic E-state index is 0.414. The van der Waals surface area contributed by atoms with Crippen LogP contribution in [0.15, 0.2) is 6.20 Å². The van der Waals surface area contributed by atoms with E-state index in [0.717, 1.165) is 23.8 Å². The molecular weight excluding hydrogens is 212 g/mol. The van der Waals surface area contributed by atoms with E-state index in [4.69, 9.17) is 10.7 Å². The highest BCUT2D eigenvalue weighted by Crippen LogP contribution is 2.35. The van der Waals surface area contributed by atoms with Crippen LogP contribution in [0.5, 0.6) is 0 Å². The number of hydrogen-bond acceptors (Lipinski definition) is 4. The minimum Gasteiger partial charge on any atom is -0.381 e. The van der Waals surface area contributed by atoms with Crippen LogP contribution in [0.4, 0.5) is 5.69 Å². The number of nitrogens with zero attached hydrogens (tertiary/aromatic N) is 2. The quantitative estimate of drug-likeness (QED) is 0.820. The average Bonchev–Trinajstić information content (AvgIpc) is 2.24. The molecule has 3 N–H and O–H groups in total. The Hall–Kier alpha value is -1.16. The van der Waals surface area contributed by atoms with Gasteiger partial charge in [-0.05, 0) is 18.8 Å². The molecule has 1 heterocycles. The maximum absolute atomic E-state index is 5.51. The fraction of sp³-hybridized carbons (Fsp3) is 0.692. The van der Waals surface area contributed by atoms with E-state index >= 15 is 0 Å². The number of hydrogen-bond donors (Lipinski definition) is 2. The van der Waals surface area contributed by atoms with E-state index in [1.165, 1.54) is 19.3 Å². The summed E-state index contributed by atoms with van der Waals surface area (Å²) in [6.45, 7) is 5.73. The summed E-state index contributed by atoms with van der Waals surface area (Å²) in [5.74, 6) is 2.03. The maximum Gasteiger partial charge on any atom is 0.131 e. The second kappa shape index (κ2) is 5.45. The zero-order chi connectivity index (χ0) is 12.3. The molecule has 1 aliphatic carbocycles. The first-order valence-electron chi connectivity index (χ1n) is 6.53. The van der Waals surface area contributed by atoms with Gasteiger partial charge in [0, 0.05) is 19.0 Å². The first-order valence-corrected chi connectivity index (χ1v) is 6.53. The van der Waals surface area contributed by atoms with E-state index in [1.54, 1.807) is 0 Å². The molecule has 2 rings (SSSR count). The molecule has 0 aliphatic heterocycles. The van der Waals surface area contributed by atoms with Gasteiger partial charge in [0.15, 0.2) is 0 Å². The van der Waals surface area contributed by atoms with Gasteiger partial charge >= 0.3 is 0 Å². The molecular formula is C13H22N4. The van der Waals surface area contributed by atoms with Crippen molar-refractivity contribution in [1.29, 1.82) is 0 Å². The van der Waals surface area contributed by atoms with E-state index in [9.17, 15) is 0 Å². The molecule has 0 bridgehead atoms. The maximum atomic E-state index is 5.51. The van der Waals surface area contributed by atoms with Gasteiger partial charge < -0.3 is 11.1 Å². The Morgan fingerprint density at radius 2 is 2.24 bits per heavy atom. The standard InChI is InChI=1S/C13H22N4/c1-9(2)12-11(15-7-6-14)8-16-13(17-12)10-4-3-5-10/h8-10,15H,3-7,14H2,1-2H3. The topological polar surface area (TPSA) is 63.8 Å². The van der Waals surface area contributed by atoms with Crippen LogP contribution in [0.3, 0.4) is 0 Å². The van der Waals surface area contributed by atoms with Crippen molar-refractivity contribution >= 4 is 5.69 Å². The predicted molar refractivity (Wildman–Crippen MR) is 70.3 cm³/mol. The summed E-state index contributed by atoms with van der Waals surface area (Å²) in [7, 11) is 0. The molecule has 1 fully saturated rings. The smallest absolute Gasteiger partial charge is 0.131 e. The van der Waals surface area contributed by atoms with Crippen molar-refractivity contribution in [2.24, 2.45) is 5.73 Å². The first kappa shape index (κ1) is 12.3. The number of nitrogens with two attached hydrogens (primary N) is 1. The Kier molecular flexibility index (Phi) is 3.94. The molecule has 0 aromatic carbocycles. The second-order valence-electron chi connectivity index (χ2n) is 5.03. The summed E-state index contributed by atoms with van der Waals surface area (Å²) >= 11 is 0. The molecule has 1 aromatic heterocycles. The van der Waals surface area contributed by atoms with Crippen molar-refractivity contribution in [3.8, 4) is 0 Å². The summed E-state index contributed by atoms with van der Waals surface area (Å²) in [6.07, 6.45) is 5.73. The average molecular weight is 234 g/mol. The molecule has 4 nitrogen and oxygen atoms in total. The van der Waals surface area contributed by atoms with Crippen LogP contribution in [-0.4, -0.2) is 23.1 Å². The SMILES string of the molecule is CC(C)c1nc(C2CCC2)ncc1NCCN. The van der Waals surface area contributed by atoms with Gasteiger partial charge in [-0.25, -0.2) is 9.97 Å². The number of rotatable bonds is 5. The molecule has 17 heavy (non-hydrogen) atoms. The predicted octanol–water partition coefficient (Wildman–Crippen LogP) is 2.24. The van der Waals surface area contributed by atoms with E-state index < -0.39 is 0 Å². The Labute approximate surface area is 103 Å². The van der Waals surface area contributed by atoms with Crippen molar-refractivity contribution in [1.82, 2.24) is 9.97 Å². The lowest BCUT2D eigenvalue weighted by Gasteiger charge is -2.25. The second-order valence-corrected chi connectivity index (χ2v) is 5.03. The number of nitrogens with one attached hydrogen (secondary N) is 1. The third-order valence-corrected chi connectivity index (χ3v) is 3.31. The molecule has 0 atom stereocenters. The molecule has 0 unspecified atom stereocenters. The lowest BCUT2D eigenvalue weighted by Crippen LogP contribution is -2.18. The molecule has 0 spiro atoms. The van der Waals surface area contributed by atoms with Crippen molar-refractivity contribution in [3.05, 3.63) is 17.7 Å². The molecule has 1 aromatic rings. The zero-order valence-corrected chi connectivity index (χ0v) is 10.7. The largest absolute Gasteiger partial charge is 0.381 e. The number of aromatic nitrogens is 2. The van der Waals surface area contributed by atoms with Crippen LogP contribution in [0.1, 0.15) is 56.5 Å². The van der Waals surface area contributed by atoms with Gasteiger partial charge in [-0.15, -0.1) is 0 Å². The van der Waals surface area contributed by atoms with Gasteiger partial charge in [-0.3, -0.25) is 0 Å².